The molecule has 1 aromatic carbocycles. The Bertz CT molecular complexity index is 656. The highest BCUT2D eigenvalue weighted by Gasteiger charge is 2.35. The van der Waals surface area contributed by atoms with Crippen LogP contribution in [0.5, 0.6) is 5.75 Å². The highest BCUT2D eigenvalue weighted by molar-refractivity contribution is 14.0. The third kappa shape index (κ3) is 5.58. The average Bonchev–Trinajstić information content (AvgIpc) is 2.95. The van der Waals surface area contributed by atoms with Gasteiger partial charge in [0.1, 0.15) is 18.1 Å². The number of benzene rings is 1. The van der Waals surface area contributed by atoms with E-state index in [-0.39, 0.29) is 42.3 Å². The second-order valence-corrected chi connectivity index (χ2v) is 4.16. The Kier molecular flexibility index (Phi) is 6.60. The zero-order valence-electron chi connectivity index (χ0n) is 11.9. The third-order valence-corrected chi connectivity index (χ3v) is 2.55. The fraction of sp³-hybridized carbons (Fsp3) is 0.250. The van der Waals surface area contributed by atoms with E-state index in [9.17, 15) is 13.2 Å². The zero-order valence-corrected chi connectivity index (χ0v) is 14.2. The van der Waals surface area contributed by atoms with Crippen LogP contribution in [0.1, 0.15) is 11.6 Å². The van der Waals surface area contributed by atoms with Crippen LogP contribution in [0.3, 0.4) is 0 Å². The fourth-order valence-electron chi connectivity index (χ4n) is 1.51. The molecule has 0 aliphatic carbocycles. The predicted octanol–water partition coefficient (Wildman–Crippen LogP) is 2.38. The molecule has 2 aromatic rings. The Hall–Kier alpha value is -2.05. The Balaban J connectivity index is 0.00000264. The first-order chi connectivity index (χ1) is 10.4. The molecule has 2 rings (SSSR count). The Morgan fingerprint density at radius 3 is 2.52 bits per heavy atom. The van der Waals surface area contributed by atoms with Gasteiger partial charge in [-0.3, -0.25) is 5.10 Å². The SMILES string of the molecule is COc1ccc(NC(N)=NCc2nc(C(F)(F)F)n[nH]2)cc1.I. The smallest absolute Gasteiger partial charge is 0.453 e. The Labute approximate surface area is 146 Å². The first-order valence-electron chi connectivity index (χ1n) is 6.08. The van der Waals surface area contributed by atoms with E-state index in [1.54, 1.807) is 31.4 Å². The van der Waals surface area contributed by atoms with Crippen LogP contribution in [-0.4, -0.2) is 28.3 Å². The minimum absolute atomic E-state index is 0. The number of guanidine groups is 1. The van der Waals surface area contributed by atoms with Crippen LogP contribution in [0.25, 0.3) is 0 Å². The molecule has 0 saturated carbocycles. The fourth-order valence-corrected chi connectivity index (χ4v) is 1.51. The standard InChI is InChI=1S/C12H13F3N6O.HI/c1-22-8-4-2-7(3-5-8)18-11(16)17-6-9-19-10(21-20-9)12(13,14)15;/h2-5H,6H2,1H3,(H3,16,17,18)(H,19,20,21);1H. The summed E-state index contributed by atoms with van der Waals surface area (Å²) in [5.74, 6) is -0.552. The number of rotatable bonds is 4. The van der Waals surface area contributed by atoms with Crippen LogP contribution in [0, 0.1) is 0 Å². The van der Waals surface area contributed by atoms with Gasteiger partial charge in [-0.1, -0.05) is 0 Å². The van der Waals surface area contributed by atoms with Crippen molar-refractivity contribution in [3.63, 3.8) is 0 Å². The minimum atomic E-state index is -4.59. The van der Waals surface area contributed by atoms with Gasteiger partial charge < -0.3 is 15.8 Å². The van der Waals surface area contributed by atoms with Gasteiger partial charge in [-0.2, -0.15) is 13.2 Å². The largest absolute Gasteiger partial charge is 0.497 e. The van der Waals surface area contributed by atoms with E-state index in [1.807, 2.05) is 0 Å². The lowest BCUT2D eigenvalue weighted by Crippen LogP contribution is -2.22. The maximum absolute atomic E-state index is 12.3. The molecule has 7 nitrogen and oxygen atoms in total. The molecule has 126 valence electrons. The molecule has 0 fully saturated rings. The summed E-state index contributed by atoms with van der Waals surface area (Å²) in [7, 11) is 1.55. The van der Waals surface area contributed by atoms with Gasteiger partial charge in [-0.15, -0.1) is 29.1 Å². The summed E-state index contributed by atoms with van der Waals surface area (Å²) >= 11 is 0. The Morgan fingerprint density at radius 1 is 1.35 bits per heavy atom. The minimum Gasteiger partial charge on any atom is -0.497 e. The molecule has 0 saturated heterocycles. The van der Waals surface area contributed by atoms with E-state index in [0.717, 1.165) is 0 Å². The molecule has 0 radical (unpaired) electrons. The van der Waals surface area contributed by atoms with E-state index in [1.165, 1.54) is 0 Å². The number of H-pyrrole nitrogens is 1. The number of nitrogens with zero attached hydrogens (tertiary/aromatic N) is 3. The molecule has 0 amide bonds. The van der Waals surface area contributed by atoms with E-state index in [0.29, 0.717) is 11.4 Å². The van der Waals surface area contributed by atoms with Gasteiger partial charge in [0.2, 0.25) is 0 Å². The number of halogens is 4. The van der Waals surface area contributed by atoms with Gasteiger partial charge >= 0.3 is 6.18 Å². The molecule has 0 aliphatic rings. The molecule has 1 aromatic heterocycles. The van der Waals surface area contributed by atoms with Crippen LogP contribution in [-0.2, 0) is 12.7 Å². The lowest BCUT2D eigenvalue weighted by Gasteiger charge is -2.06. The van der Waals surface area contributed by atoms with Crippen LogP contribution in [0.2, 0.25) is 0 Å². The van der Waals surface area contributed by atoms with Crippen LogP contribution in [0.15, 0.2) is 29.3 Å². The van der Waals surface area contributed by atoms with Crippen molar-refractivity contribution in [1.82, 2.24) is 15.2 Å². The number of hydrogen-bond donors (Lipinski definition) is 3. The van der Waals surface area contributed by atoms with Crippen molar-refractivity contribution in [2.24, 2.45) is 10.7 Å². The highest BCUT2D eigenvalue weighted by atomic mass is 127. The van der Waals surface area contributed by atoms with Crippen molar-refractivity contribution in [3.05, 3.63) is 35.9 Å². The molecular formula is C12H14F3IN6O. The summed E-state index contributed by atoms with van der Waals surface area (Å²) in [5, 5.41) is 8.01. The van der Waals surface area contributed by atoms with Gasteiger partial charge in [0, 0.05) is 5.69 Å². The number of nitrogens with two attached hydrogens (primary N) is 1. The summed E-state index contributed by atoms with van der Waals surface area (Å²) < 4.78 is 42.0. The molecule has 1 heterocycles. The summed E-state index contributed by atoms with van der Waals surface area (Å²) in [4.78, 5) is 7.16. The lowest BCUT2D eigenvalue weighted by molar-refractivity contribution is -0.144. The monoisotopic (exact) mass is 442 g/mol. The second-order valence-electron chi connectivity index (χ2n) is 4.16. The van der Waals surface area contributed by atoms with Crippen molar-refractivity contribution in [2.45, 2.75) is 12.7 Å². The zero-order chi connectivity index (χ0) is 16.2. The van der Waals surface area contributed by atoms with Crippen molar-refractivity contribution in [3.8, 4) is 5.75 Å². The maximum Gasteiger partial charge on any atom is 0.453 e. The molecule has 0 atom stereocenters. The number of aliphatic imine (C=N–C) groups is 1. The summed E-state index contributed by atoms with van der Waals surface area (Å²) in [6.07, 6.45) is -4.59. The van der Waals surface area contributed by atoms with Crippen molar-refractivity contribution >= 4 is 35.6 Å². The normalized spacial score (nSPS) is 11.7. The molecule has 11 heteroatoms. The molecule has 23 heavy (non-hydrogen) atoms. The molecule has 0 spiro atoms. The first kappa shape index (κ1) is 19.0. The summed E-state index contributed by atoms with van der Waals surface area (Å²) in [5.41, 5.74) is 6.30. The molecule has 0 unspecified atom stereocenters. The van der Waals surface area contributed by atoms with Crippen molar-refractivity contribution in [2.75, 3.05) is 12.4 Å². The Morgan fingerprint density at radius 2 is 2.00 bits per heavy atom. The van der Waals surface area contributed by atoms with E-state index in [4.69, 9.17) is 10.5 Å². The second kappa shape index (κ2) is 7.99. The third-order valence-electron chi connectivity index (χ3n) is 2.55. The van der Waals surface area contributed by atoms with Crippen molar-refractivity contribution < 1.29 is 17.9 Å². The molecule has 0 bridgehead atoms. The number of anilines is 1. The van der Waals surface area contributed by atoms with Gasteiger partial charge in [0.05, 0.1) is 7.11 Å². The summed E-state index contributed by atoms with van der Waals surface area (Å²) in [6, 6.07) is 6.89. The molecular weight excluding hydrogens is 428 g/mol. The number of ether oxygens (including phenoxy) is 1. The van der Waals surface area contributed by atoms with Crippen LogP contribution >= 0.6 is 24.0 Å². The number of hydrogen-bond acceptors (Lipinski definition) is 4. The van der Waals surface area contributed by atoms with Gasteiger partial charge in [0.15, 0.2) is 5.96 Å². The van der Waals surface area contributed by atoms with E-state index < -0.39 is 12.0 Å². The van der Waals surface area contributed by atoms with Gasteiger partial charge in [-0.05, 0) is 24.3 Å². The predicted molar refractivity (Wildman–Crippen MR) is 88.7 cm³/mol. The number of alkyl halides is 3. The van der Waals surface area contributed by atoms with Gasteiger partial charge in [-0.25, -0.2) is 9.98 Å². The summed E-state index contributed by atoms with van der Waals surface area (Å²) in [6.45, 7) is -0.155. The van der Waals surface area contributed by atoms with Crippen molar-refractivity contribution in [1.29, 1.82) is 0 Å². The quantitative estimate of drug-likeness (QED) is 0.384. The average molecular weight is 442 g/mol. The van der Waals surface area contributed by atoms with Gasteiger partial charge in [0.25, 0.3) is 5.82 Å². The lowest BCUT2D eigenvalue weighted by atomic mass is 10.3. The van der Waals surface area contributed by atoms with E-state index >= 15 is 0 Å². The molecule has 4 N–H and O–H groups in total. The number of methoxy groups -OCH3 is 1. The first-order valence-corrected chi connectivity index (χ1v) is 6.08. The molecule has 0 aliphatic heterocycles. The number of nitrogens with one attached hydrogen (secondary N) is 2. The van der Waals surface area contributed by atoms with E-state index in [2.05, 4.69) is 25.5 Å². The number of aromatic amines is 1. The highest BCUT2D eigenvalue weighted by Crippen LogP contribution is 2.25. The topological polar surface area (TPSA) is 101 Å². The van der Waals surface area contributed by atoms with Crippen LogP contribution < -0.4 is 15.8 Å². The van der Waals surface area contributed by atoms with Crippen LogP contribution in [0.4, 0.5) is 18.9 Å². The number of aromatic nitrogens is 3. The maximum atomic E-state index is 12.3.